The Morgan fingerprint density at radius 2 is 0.862 bits per heavy atom. The van der Waals surface area contributed by atoms with E-state index in [0.29, 0.717) is 0 Å². The zero-order chi connectivity index (χ0) is 43.3. The molecule has 0 radical (unpaired) electrons. The summed E-state index contributed by atoms with van der Waals surface area (Å²) >= 11 is 0. The van der Waals surface area contributed by atoms with Crippen LogP contribution in [0.15, 0.2) is 249 Å². The Bertz CT molecular complexity index is 3280. The van der Waals surface area contributed by atoms with Crippen LogP contribution in [0.1, 0.15) is 5.56 Å². The highest BCUT2D eigenvalue weighted by molar-refractivity contribution is 6.93. The van der Waals surface area contributed by atoms with Crippen LogP contribution >= 0.6 is 0 Å². The number of rotatable bonds is 8. The van der Waals surface area contributed by atoms with Crippen molar-refractivity contribution in [3.8, 4) is 44.5 Å². The number of nitrogens with zero attached hydrogens (tertiary/aromatic N) is 3. The number of para-hydroxylation sites is 2. The summed E-state index contributed by atoms with van der Waals surface area (Å²) in [6.45, 7) is 2.13. The molecule has 0 fully saturated rings. The van der Waals surface area contributed by atoms with E-state index in [1.165, 1.54) is 72.4 Å². The number of anilines is 8. The number of aryl methyl sites for hydroxylation is 1. The van der Waals surface area contributed by atoms with Gasteiger partial charge in [-0.3, -0.25) is 0 Å². The maximum absolute atomic E-state index is 2.61. The number of hydrogen-bond donors (Lipinski definition) is 0. The monoisotopic (exact) mass is 829 g/mol. The van der Waals surface area contributed by atoms with E-state index in [0.717, 1.165) is 34.1 Å². The highest BCUT2D eigenvalue weighted by atomic mass is 15.2. The minimum absolute atomic E-state index is 0.131. The van der Waals surface area contributed by atoms with Gasteiger partial charge in [0.2, 0.25) is 0 Å². The molecule has 12 rings (SSSR count). The maximum Gasteiger partial charge on any atom is 0.333 e. The largest absolute Gasteiger partial charge is 0.376 e. The van der Waals surface area contributed by atoms with E-state index in [9.17, 15) is 0 Å². The average Bonchev–Trinajstić information content (AvgIpc) is 3.38. The molecule has 65 heavy (non-hydrogen) atoms. The number of benzene rings is 10. The molecule has 0 saturated heterocycles. The normalized spacial score (nSPS) is 12.3. The SMILES string of the molecule is Cc1cc(-c2ccccc2)ccc1N1c2cc(N(c3ccccc3)c3ccccc3)ccc2B2c3c(cccc31)-c1ccc(-c3ccccc3)cc1N2c1ccc(-c2ccccc2)cc1. The number of fused-ring (bicyclic) bond motifs is 4. The Balaban J connectivity index is 1.12. The molecule has 10 aromatic rings. The standard InChI is InChI=1S/C61H44BN3/c1-43-40-48(45-20-9-3-10-21-45)33-39-57(43)64-58-29-17-28-55-54-37-32-49(46-22-11-4-12-23-46)41-59(54)65(52-34-30-47(31-35-52)44-18-7-2-8-19-44)62(61(55)58)56-38-36-53(42-60(56)64)63(50-24-13-5-14-25-50)51-26-15-6-16-27-51/h2-42H,1H3. The molecule has 0 aliphatic carbocycles. The molecule has 2 aliphatic rings. The molecule has 0 bridgehead atoms. The van der Waals surface area contributed by atoms with Crippen molar-refractivity contribution in [2.75, 3.05) is 14.6 Å². The summed E-state index contributed by atoms with van der Waals surface area (Å²) < 4.78 is 0. The van der Waals surface area contributed by atoms with Crippen molar-refractivity contribution >= 4 is 63.3 Å². The van der Waals surface area contributed by atoms with E-state index in [-0.39, 0.29) is 6.85 Å². The molecule has 4 heteroatoms. The molecule has 0 spiro atoms. The fourth-order valence-corrected chi connectivity index (χ4v) is 10.1. The first-order valence-corrected chi connectivity index (χ1v) is 22.5. The van der Waals surface area contributed by atoms with Crippen LogP contribution in [0.4, 0.5) is 45.5 Å². The van der Waals surface area contributed by atoms with Gasteiger partial charge in [0.25, 0.3) is 0 Å². The predicted octanol–water partition coefficient (Wildman–Crippen LogP) is 15.2. The molecule has 0 unspecified atom stereocenters. The van der Waals surface area contributed by atoms with E-state index < -0.39 is 0 Å². The fourth-order valence-electron chi connectivity index (χ4n) is 10.1. The maximum atomic E-state index is 2.61. The van der Waals surface area contributed by atoms with Crippen molar-refractivity contribution in [3.05, 3.63) is 254 Å². The molecule has 2 aliphatic heterocycles. The smallest absolute Gasteiger partial charge is 0.333 e. The van der Waals surface area contributed by atoms with Gasteiger partial charge >= 0.3 is 6.85 Å². The van der Waals surface area contributed by atoms with E-state index in [1.54, 1.807) is 0 Å². The van der Waals surface area contributed by atoms with Crippen LogP contribution in [0.25, 0.3) is 44.5 Å². The van der Waals surface area contributed by atoms with Crippen LogP contribution in [-0.2, 0) is 0 Å². The zero-order valence-electron chi connectivity index (χ0n) is 36.1. The van der Waals surface area contributed by atoms with Gasteiger partial charge in [0.1, 0.15) is 0 Å². The van der Waals surface area contributed by atoms with Crippen molar-refractivity contribution in [2.45, 2.75) is 6.92 Å². The third-order valence-electron chi connectivity index (χ3n) is 13.1. The first kappa shape index (κ1) is 38.3. The van der Waals surface area contributed by atoms with Crippen molar-refractivity contribution < 1.29 is 0 Å². The van der Waals surface area contributed by atoms with Gasteiger partial charge in [-0.25, -0.2) is 0 Å². The van der Waals surface area contributed by atoms with Gasteiger partial charge in [-0.15, -0.1) is 0 Å². The molecule has 0 aromatic heterocycles. The molecular weight excluding hydrogens is 786 g/mol. The van der Waals surface area contributed by atoms with Crippen LogP contribution in [0, 0.1) is 6.92 Å². The summed E-state index contributed by atoms with van der Waals surface area (Å²) in [5.41, 5.74) is 22.6. The van der Waals surface area contributed by atoms with Gasteiger partial charge in [0.15, 0.2) is 0 Å². The summed E-state index contributed by atoms with van der Waals surface area (Å²) in [6, 6.07) is 90.8. The zero-order valence-corrected chi connectivity index (χ0v) is 36.1. The highest BCUT2D eigenvalue weighted by Gasteiger charge is 2.45. The highest BCUT2D eigenvalue weighted by Crippen LogP contribution is 2.49. The first-order valence-electron chi connectivity index (χ1n) is 22.5. The summed E-state index contributed by atoms with van der Waals surface area (Å²) in [7, 11) is 0. The lowest BCUT2D eigenvalue weighted by atomic mass is 9.43. The van der Waals surface area contributed by atoms with Gasteiger partial charge in [0, 0.05) is 51.1 Å². The second kappa shape index (κ2) is 16.1. The van der Waals surface area contributed by atoms with E-state index >= 15 is 0 Å². The summed E-state index contributed by atoms with van der Waals surface area (Å²) in [5.74, 6) is 0. The lowest BCUT2D eigenvalue weighted by Gasteiger charge is -2.46. The second-order valence-electron chi connectivity index (χ2n) is 17.0. The summed E-state index contributed by atoms with van der Waals surface area (Å²) in [6.07, 6.45) is 0. The minimum atomic E-state index is -0.131. The van der Waals surface area contributed by atoms with Gasteiger partial charge in [-0.2, -0.15) is 0 Å². The summed E-state index contributed by atoms with van der Waals surface area (Å²) in [4.78, 5) is 7.51. The minimum Gasteiger partial charge on any atom is -0.376 e. The van der Waals surface area contributed by atoms with Crippen LogP contribution in [0.5, 0.6) is 0 Å². The summed E-state index contributed by atoms with van der Waals surface area (Å²) in [5, 5.41) is 0. The van der Waals surface area contributed by atoms with Gasteiger partial charge < -0.3 is 14.6 Å². The van der Waals surface area contributed by atoms with Crippen molar-refractivity contribution in [1.82, 2.24) is 0 Å². The Hall–Kier alpha value is -8.34. The van der Waals surface area contributed by atoms with Crippen LogP contribution < -0.4 is 25.5 Å². The van der Waals surface area contributed by atoms with Crippen molar-refractivity contribution in [1.29, 1.82) is 0 Å². The van der Waals surface area contributed by atoms with Crippen molar-refractivity contribution in [2.24, 2.45) is 0 Å². The van der Waals surface area contributed by atoms with Crippen LogP contribution in [0.2, 0.25) is 0 Å². The first-order chi connectivity index (χ1) is 32.2. The molecular formula is C61H44BN3. The van der Waals surface area contributed by atoms with Crippen LogP contribution in [-0.4, -0.2) is 6.85 Å². The predicted molar refractivity (Wildman–Crippen MR) is 276 cm³/mol. The van der Waals surface area contributed by atoms with Gasteiger partial charge in [-0.1, -0.05) is 176 Å². The van der Waals surface area contributed by atoms with Gasteiger partial charge in [-0.05, 0) is 135 Å². The Morgan fingerprint density at radius 3 is 1.46 bits per heavy atom. The van der Waals surface area contributed by atoms with Gasteiger partial charge in [0.05, 0.1) is 0 Å². The van der Waals surface area contributed by atoms with E-state index in [1.807, 2.05) is 0 Å². The van der Waals surface area contributed by atoms with E-state index in [2.05, 4.69) is 270 Å². The molecule has 0 N–H and O–H groups in total. The lowest BCUT2D eigenvalue weighted by Crippen LogP contribution is -2.61. The van der Waals surface area contributed by atoms with E-state index in [4.69, 9.17) is 0 Å². The second-order valence-corrected chi connectivity index (χ2v) is 17.0. The third kappa shape index (κ3) is 6.70. The average molecular weight is 830 g/mol. The molecule has 2 heterocycles. The molecule has 10 aromatic carbocycles. The molecule has 0 saturated carbocycles. The fraction of sp³-hybridized carbons (Fsp3) is 0.0164. The Labute approximate surface area is 381 Å². The molecule has 306 valence electrons. The molecule has 0 atom stereocenters. The molecule has 0 amide bonds. The Morgan fingerprint density at radius 1 is 0.338 bits per heavy atom. The topological polar surface area (TPSA) is 9.72 Å². The quantitative estimate of drug-likeness (QED) is 0.141. The van der Waals surface area contributed by atoms with Crippen LogP contribution in [0.3, 0.4) is 0 Å². The van der Waals surface area contributed by atoms with Crippen molar-refractivity contribution in [3.63, 3.8) is 0 Å². The molecule has 3 nitrogen and oxygen atoms in total. The Kier molecular flexibility index (Phi) is 9.49. The number of hydrogen-bond acceptors (Lipinski definition) is 3. The lowest BCUT2D eigenvalue weighted by molar-refractivity contribution is 1.23. The third-order valence-corrected chi connectivity index (χ3v) is 13.1.